The van der Waals surface area contributed by atoms with E-state index < -0.39 is 16.4 Å². The molecule has 13 heavy (non-hydrogen) atoms. The Labute approximate surface area is 77.2 Å². The molecule has 0 aliphatic carbocycles. The maximum absolute atomic E-state index is 11.0. The van der Waals surface area contributed by atoms with Crippen LogP contribution >= 0.6 is 0 Å². The first-order valence-electron chi connectivity index (χ1n) is 4.42. The summed E-state index contributed by atoms with van der Waals surface area (Å²) in [5, 5.41) is 9.37. The van der Waals surface area contributed by atoms with Crippen molar-refractivity contribution in [2.45, 2.75) is 43.9 Å². The number of aliphatic hydroxyl groups is 1. The van der Waals surface area contributed by atoms with Gasteiger partial charge in [-0.05, 0) is 25.7 Å². The van der Waals surface area contributed by atoms with E-state index in [0.29, 0.717) is 12.8 Å². The van der Waals surface area contributed by atoms with Gasteiger partial charge in [0, 0.05) is 12.1 Å². The SMILES string of the molecule is O=S(=O)(O)N1C2CCC1CC(O)C2. The van der Waals surface area contributed by atoms with Crippen LogP contribution in [0.2, 0.25) is 0 Å². The lowest BCUT2D eigenvalue weighted by atomic mass is 10.0. The number of piperidine rings is 1. The molecule has 2 unspecified atom stereocenters. The van der Waals surface area contributed by atoms with Crippen molar-refractivity contribution in [3.8, 4) is 0 Å². The minimum Gasteiger partial charge on any atom is -0.393 e. The van der Waals surface area contributed by atoms with Crippen LogP contribution in [0.4, 0.5) is 0 Å². The van der Waals surface area contributed by atoms with Gasteiger partial charge in [-0.25, -0.2) is 0 Å². The zero-order chi connectivity index (χ0) is 9.64. The van der Waals surface area contributed by atoms with Crippen LogP contribution in [0.15, 0.2) is 0 Å². The second kappa shape index (κ2) is 2.91. The number of nitrogens with zero attached hydrogens (tertiary/aromatic N) is 1. The molecule has 0 radical (unpaired) electrons. The Morgan fingerprint density at radius 1 is 1.15 bits per heavy atom. The van der Waals surface area contributed by atoms with Gasteiger partial charge >= 0.3 is 10.3 Å². The molecule has 0 aromatic carbocycles. The summed E-state index contributed by atoms with van der Waals surface area (Å²) >= 11 is 0. The summed E-state index contributed by atoms with van der Waals surface area (Å²) in [6.45, 7) is 0. The Balaban J connectivity index is 2.25. The van der Waals surface area contributed by atoms with E-state index in [1.54, 1.807) is 0 Å². The molecular formula is C7H13NO4S. The molecule has 0 aromatic rings. The largest absolute Gasteiger partial charge is 0.393 e. The van der Waals surface area contributed by atoms with Crippen LogP contribution in [0.3, 0.4) is 0 Å². The molecule has 2 rings (SSSR count). The third-order valence-corrected chi connectivity index (χ3v) is 4.04. The maximum Gasteiger partial charge on any atom is 0.336 e. The Hall–Kier alpha value is -0.170. The smallest absolute Gasteiger partial charge is 0.336 e. The highest BCUT2D eigenvalue weighted by Gasteiger charge is 2.45. The fourth-order valence-electron chi connectivity index (χ4n) is 2.48. The van der Waals surface area contributed by atoms with Crippen molar-refractivity contribution < 1.29 is 18.1 Å². The van der Waals surface area contributed by atoms with Gasteiger partial charge in [-0.15, -0.1) is 0 Å². The molecule has 0 aromatic heterocycles. The summed E-state index contributed by atoms with van der Waals surface area (Å²) < 4.78 is 32.0. The second-order valence-electron chi connectivity index (χ2n) is 3.82. The molecule has 2 heterocycles. The van der Waals surface area contributed by atoms with Crippen molar-refractivity contribution in [3.63, 3.8) is 0 Å². The van der Waals surface area contributed by atoms with Crippen molar-refractivity contribution >= 4 is 10.3 Å². The van der Waals surface area contributed by atoms with Gasteiger partial charge in [-0.2, -0.15) is 12.7 Å². The van der Waals surface area contributed by atoms with Crippen molar-refractivity contribution in [2.75, 3.05) is 0 Å². The van der Waals surface area contributed by atoms with Crippen molar-refractivity contribution in [1.29, 1.82) is 0 Å². The first kappa shape index (κ1) is 9.39. The molecule has 0 amide bonds. The predicted molar refractivity (Wildman–Crippen MR) is 45.4 cm³/mol. The highest BCUT2D eigenvalue weighted by molar-refractivity contribution is 7.83. The van der Waals surface area contributed by atoms with E-state index in [9.17, 15) is 13.5 Å². The Kier molecular flexibility index (Phi) is 2.10. The summed E-state index contributed by atoms with van der Waals surface area (Å²) in [4.78, 5) is 0. The standard InChI is InChI=1S/C7H13NO4S/c9-7-3-5-1-2-6(4-7)8(5)13(10,11)12/h5-7,9H,1-4H2,(H,10,11,12). The fraction of sp³-hybridized carbons (Fsp3) is 1.00. The molecule has 5 nitrogen and oxygen atoms in total. The third-order valence-electron chi connectivity index (χ3n) is 2.91. The van der Waals surface area contributed by atoms with Crippen LogP contribution in [0.25, 0.3) is 0 Å². The number of hydrogen-bond donors (Lipinski definition) is 2. The summed E-state index contributed by atoms with van der Waals surface area (Å²) in [6.07, 6.45) is 2.01. The number of hydrogen-bond acceptors (Lipinski definition) is 3. The van der Waals surface area contributed by atoms with Gasteiger partial charge < -0.3 is 5.11 Å². The van der Waals surface area contributed by atoms with E-state index in [1.165, 1.54) is 0 Å². The van der Waals surface area contributed by atoms with Crippen LogP contribution in [0.1, 0.15) is 25.7 Å². The van der Waals surface area contributed by atoms with E-state index in [0.717, 1.165) is 17.1 Å². The topological polar surface area (TPSA) is 77.8 Å². The predicted octanol–water partition coefficient (Wildman–Crippen LogP) is -0.223. The molecule has 0 saturated carbocycles. The van der Waals surface area contributed by atoms with Crippen molar-refractivity contribution in [1.82, 2.24) is 4.31 Å². The zero-order valence-corrected chi connectivity index (χ0v) is 7.94. The quantitative estimate of drug-likeness (QED) is 0.582. The fourth-order valence-corrected chi connectivity index (χ4v) is 3.62. The molecule has 2 fully saturated rings. The van der Waals surface area contributed by atoms with Gasteiger partial charge in [-0.1, -0.05) is 0 Å². The van der Waals surface area contributed by atoms with Crippen LogP contribution in [0.5, 0.6) is 0 Å². The van der Waals surface area contributed by atoms with E-state index in [4.69, 9.17) is 4.55 Å². The lowest BCUT2D eigenvalue weighted by Crippen LogP contribution is -2.47. The minimum atomic E-state index is -4.06. The third kappa shape index (κ3) is 1.59. The number of rotatable bonds is 1. The van der Waals surface area contributed by atoms with Gasteiger partial charge in [-0.3, -0.25) is 4.55 Å². The van der Waals surface area contributed by atoms with Crippen molar-refractivity contribution in [3.05, 3.63) is 0 Å². The van der Waals surface area contributed by atoms with Crippen LogP contribution < -0.4 is 0 Å². The highest BCUT2D eigenvalue weighted by Crippen LogP contribution is 2.37. The molecule has 0 spiro atoms. The molecule has 6 heteroatoms. The number of fused-ring (bicyclic) bond motifs is 2. The lowest BCUT2D eigenvalue weighted by Gasteiger charge is -2.33. The molecule has 2 atom stereocenters. The molecule has 2 aliphatic rings. The van der Waals surface area contributed by atoms with E-state index in [2.05, 4.69) is 0 Å². The lowest BCUT2D eigenvalue weighted by molar-refractivity contribution is 0.0728. The van der Waals surface area contributed by atoms with Gasteiger partial charge in [0.25, 0.3) is 0 Å². The van der Waals surface area contributed by atoms with Gasteiger partial charge in [0.05, 0.1) is 6.10 Å². The monoisotopic (exact) mass is 207 g/mol. The first-order valence-corrected chi connectivity index (χ1v) is 5.82. The van der Waals surface area contributed by atoms with Crippen LogP contribution in [0, 0.1) is 0 Å². The van der Waals surface area contributed by atoms with Crippen molar-refractivity contribution in [2.24, 2.45) is 0 Å². The van der Waals surface area contributed by atoms with E-state index >= 15 is 0 Å². The molecule has 2 aliphatic heterocycles. The number of aliphatic hydroxyl groups excluding tert-OH is 1. The average molecular weight is 207 g/mol. The Morgan fingerprint density at radius 3 is 2.00 bits per heavy atom. The Morgan fingerprint density at radius 2 is 1.62 bits per heavy atom. The van der Waals surface area contributed by atoms with Crippen LogP contribution in [-0.2, 0) is 10.3 Å². The summed E-state index contributed by atoms with van der Waals surface area (Å²) in [5.41, 5.74) is 0. The molecular weight excluding hydrogens is 194 g/mol. The summed E-state index contributed by atoms with van der Waals surface area (Å²) in [6, 6.07) is -0.382. The molecule has 2 saturated heterocycles. The minimum absolute atomic E-state index is 0.191. The maximum atomic E-state index is 11.0. The summed E-state index contributed by atoms with van der Waals surface area (Å²) in [5.74, 6) is 0. The summed E-state index contributed by atoms with van der Waals surface area (Å²) in [7, 11) is -4.06. The van der Waals surface area contributed by atoms with E-state index in [-0.39, 0.29) is 12.1 Å². The van der Waals surface area contributed by atoms with Crippen LogP contribution in [-0.4, -0.2) is 40.6 Å². The normalized spacial score (nSPS) is 40.9. The first-order chi connectivity index (χ1) is 5.98. The highest BCUT2D eigenvalue weighted by atomic mass is 32.2. The van der Waals surface area contributed by atoms with Gasteiger partial charge in [0.1, 0.15) is 0 Å². The second-order valence-corrected chi connectivity index (χ2v) is 5.14. The molecule has 76 valence electrons. The zero-order valence-electron chi connectivity index (χ0n) is 7.13. The van der Waals surface area contributed by atoms with Gasteiger partial charge in [0.15, 0.2) is 0 Å². The molecule has 2 bridgehead atoms. The average Bonchev–Trinajstić information content (AvgIpc) is 2.23. The van der Waals surface area contributed by atoms with E-state index in [1.807, 2.05) is 0 Å². The Bertz CT molecular complexity index is 288. The molecule has 2 N–H and O–H groups in total. The van der Waals surface area contributed by atoms with Gasteiger partial charge in [0.2, 0.25) is 0 Å².